The summed E-state index contributed by atoms with van der Waals surface area (Å²) in [6.07, 6.45) is -10.9. The Hall–Kier alpha value is -1.93. The number of ether oxygens (including phenoxy) is 3. The number of hydrogen-bond donors (Lipinski definition) is 1. The summed E-state index contributed by atoms with van der Waals surface area (Å²) in [7, 11) is 0. The van der Waals surface area contributed by atoms with Gasteiger partial charge in [-0.2, -0.15) is 13.2 Å². The summed E-state index contributed by atoms with van der Waals surface area (Å²) in [6.45, 7) is 0.108. The minimum atomic E-state index is -4.68. The van der Waals surface area contributed by atoms with Crippen molar-refractivity contribution in [3.63, 3.8) is 0 Å². The molecular formula is C20H21F3O4. The largest absolute Gasteiger partial charge is 0.417 e. The molecule has 1 fully saturated rings. The summed E-state index contributed by atoms with van der Waals surface area (Å²) < 4.78 is 56.4. The van der Waals surface area contributed by atoms with Gasteiger partial charge in [0.15, 0.2) is 12.4 Å². The number of halogens is 3. The predicted molar refractivity (Wildman–Crippen MR) is 91.6 cm³/mol. The summed E-state index contributed by atoms with van der Waals surface area (Å²) in [5, 5.41) is 9.76. The lowest BCUT2D eigenvalue weighted by molar-refractivity contribution is -0.332. The van der Waals surface area contributed by atoms with Gasteiger partial charge >= 0.3 is 6.18 Å². The molecule has 0 spiro atoms. The zero-order chi connectivity index (χ0) is 19.3. The molecule has 2 aromatic carbocycles. The van der Waals surface area contributed by atoms with Crippen LogP contribution in [-0.4, -0.2) is 35.9 Å². The van der Waals surface area contributed by atoms with Gasteiger partial charge in [0, 0.05) is 6.42 Å². The second kappa shape index (κ2) is 8.84. The van der Waals surface area contributed by atoms with Crippen LogP contribution in [0.25, 0.3) is 0 Å². The van der Waals surface area contributed by atoms with Crippen LogP contribution in [0.3, 0.4) is 0 Å². The minimum absolute atomic E-state index is 0.0112. The fourth-order valence-electron chi connectivity index (χ4n) is 3.00. The van der Waals surface area contributed by atoms with Crippen molar-refractivity contribution in [3.05, 3.63) is 71.8 Å². The molecule has 0 unspecified atom stereocenters. The minimum Gasteiger partial charge on any atom is -0.371 e. The highest BCUT2D eigenvalue weighted by atomic mass is 19.4. The van der Waals surface area contributed by atoms with Crippen molar-refractivity contribution < 1.29 is 32.5 Å². The maximum Gasteiger partial charge on any atom is 0.417 e. The van der Waals surface area contributed by atoms with E-state index in [1.807, 2.05) is 36.4 Å². The Morgan fingerprint density at radius 3 is 1.93 bits per heavy atom. The van der Waals surface area contributed by atoms with E-state index in [1.54, 1.807) is 24.3 Å². The molecule has 1 heterocycles. The van der Waals surface area contributed by atoms with Crippen molar-refractivity contribution in [2.45, 2.75) is 50.4 Å². The summed E-state index contributed by atoms with van der Waals surface area (Å²) in [4.78, 5) is 0. The Morgan fingerprint density at radius 2 is 1.41 bits per heavy atom. The van der Waals surface area contributed by atoms with E-state index in [2.05, 4.69) is 0 Å². The molecule has 0 bridgehead atoms. The number of hydrogen-bond acceptors (Lipinski definition) is 4. The standard InChI is InChI=1S/C20H21F3O4/c21-20(22,23)19-18(26-13-15-9-5-2-6-10-15)16(11-17(24)27-19)25-12-14-7-3-1-4-8-14/h1-10,16-19,24H,11-13H2/t16-,17+,18-,19+/m0/s1. The van der Waals surface area contributed by atoms with Crippen LogP contribution < -0.4 is 0 Å². The normalized spacial score (nSPS) is 26.1. The van der Waals surface area contributed by atoms with E-state index in [0.717, 1.165) is 11.1 Å². The summed E-state index contributed by atoms with van der Waals surface area (Å²) >= 11 is 0. The van der Waals surface area contributed by atoms with E-state index in [4.69, 9.17) is 14.2 Å². The number of aliphatic hydroxyl groups is 1. The molecular weight excluding hydrogens is 361 g/mol. The van der Waals surface area contributed by atoms with E-state index in [-0.39, 0.29) is 19.6 Å². The van der Waals surface area contributed by atoms with Crippen molar-refractivity contribution in [3.8, 4) is 0 Å². The second-order valence-corrected chi connectivity index (χ2v) is 6.38. The first-order chi connectivity index (χ1) is 12.9. The summed E-state index contributed by atoms with van der Waals surface area (Å²) in [6, 6.07) is 18.0. The molecule has 1 N–H and O–H groups in total. The van der Waals surface area contributed by atoms with Crippen molar-refractivity contribution in [2.24, 2.45) is 0 Å². The average molecular weight is 382 g/mol. The quantitative estimate of drug-likeness (QED) is 0.825. The van der Waals surface area contributed by atoms with Gasteiger partial charge in [-0.25, -0.2) is 0 Å². The third kappa shape index (κ3) is 5.52. The Bertz CT molecular complexity index is 693. The van der Waals surface area contributed by atoms with Gasteiger partial charge in [-0.15, -0.1) is 0 Å². The topological polar surface area (TPSA) is 47.9 Å². The number of alkyl halides is 3. The molecule has 3 rings (SSSR count). The maximum absolute atomic E-state index is 13.5. The molecule has 1 aliphatic heterocycles. The van der Waals surface area contributed by atoms with E-state index >= 15 is 0 Å². The van der Waals surface area contributed by atoms with Crippen LogP contribution in [0.5, 0.6) is 0 Å². The zero-order valence-corrected chi connectivity index (χ0v) is 14.5. The molecule has 0 aliphatic carbocycles. The maximum atomic E-state index is 13.5. The Kier molecular flexibility index (Phi) is 6.49. The predicted octanol–water partition coefficient (Wildman–Crippen LogP) is 3.83. The average Bonchev–Trinajstić information content (AvgIpc) is 2.66. The lowest BCUT2D eigenvalue weighted by Gasteiger charge is -2.40. The van der Waals surface area contributed by atoms with Gasteiger partial charge in [-0.05, 0) is 11.1 Å². The third-order valence-electron chi connectivity index (χ3n) is 4.32. The van der Waals surface area contributed by atoms with Gasteiger partial charge in [-0.1, -0.05) is 60.7 Å². The molecule has 0 aromatic heterocycles. The van der Waals surface area contributed by atoms with Crippen LogP contribution in [0, 0.1) is 0 Å². The Morgan fingerprint density at radius 1 is 0.889 bits per heavy atom. The van der Waals surface area contributed by atoms with Crippen LogP contribution in [0.15, 0.2) is 60.7 Å². The van der Waals surface area contributed by atoms with Crippen LogP contribution in [0.4, 0.5) is 13.2 Å². The molecule has 0 saturated carbocycles. The molecule has 27 heavy (non-hydrogen) atoms. The fourth-order valence-corrected chi connectivity index (χ4v) is 3.00. The molecule has 146 valence electrons. The highest BCUT2D eigenvalue weighted by molar-refractivity contribution is 5.14. The number of rotatable bonds is 6. The Balaban J connectivity index is 1.73. The smallest absolute Gasteiger partial charge is 0.371 e. The molecule has 4 nitrogen and oxygen atoms in total. The van der Waals surface area contributed by atoms with Crippen molar-refractivity contribution in [2.75, 3.05) is 0 Å². The van der Waals surface area contributed by atoms with Gasteiger partial charge in [0.05, 0.1) is 19.3 Å². The first-order valence-electron chi connectivity index (χ1n) is 8.65. The monoisotopic (exact) mass is 382 g/mol. The van der Waals surface area contributed by atoms with Crippen LogP contribution in [0.1, 0.15) is 17.5 Å². The van der Waals surface area contributed by atoms with Crippen molar-refractivity contribution >= 4 is 0 Å². The summed E-state index contributed by atoms with van der Waals surface area (Å²) in [5.41, 5.74) is 1.57. The van der Waals surface area contributed by atoms with E-state index in [1.165, 1.54) is 0 Å². The van der Waals surface area contributed by atoms with Crippen LogP contribution >= 0.6 is 0 Å². The number of benzene rings is 2. The Labute approximate surface area is 155 Å². The second-order valence-electron chi connectivity index (χ2n) is 6.38. The van der Waals surface area contributed by atoms with Crippen LogP contribution in [0.2, 0.25) is 0 Å². The van der Waals surface area contributed by atoms with Crippen LogP contribution in [-0.2, 0) is 27.4 Å². The highest BCUT2D eigenvalue weighted by Crippen LogP contribution is 2.35. The molecule has 7 heteroatoms. The van der Waals surface area contributed by atoms with E-state index in [0.29, 0.717) is 0 Å². The summed E-state index contributed by atoms with van der Waals surface area (Å²) in [5.74, 6) is 0. The highest BCUT2D eigenvalue weighted by Gasteiger charge is 2.53. The van der Waals surface area contributed by atoms with Gasteiger partial charge in [-0.3, -0.25) is 0 Å². The molecule has 1 aliphatic rings. The molecule has 2 aromatic rings. The zero-order valence-electron chi connectivity index (χ0n) is 14.5. The van der Waals surface area contributed by atoms with Gasteiger partial charge in [0.2, 0.25) is 0 Å². The molecule has 1 saturated heterocycles. The first-order valence-corrected chi connectivity index (χ1v) is 8.65. The lowest BCUT2D eigenvalue weighted by atomic mass is 10.00. The lowest BCUT2D eigenvalue weighted by Crippen LogP contribution is -2.56. The molecule has 4 atom stereocenters. The first kappa shape index (κ1) is 19.8. The third-order valence-corrected chi connectivity index (χ3v) is 4.32. The van der Waals surface area contributed by atoms with Gasteiger partial charge in [0.25, 0.3) is 0 Å². The van der Waals surface area contributed by atoms with Crippen molar-refractivity contribution in [1.82, 2.24) is 0 Å². The molecule has 0 amide bonds. The van der Waals surface area contributed by atoms with Gasteiger partial charge < -0.3 is 19.3 Å². The molecule has 0 radical (unpaired) electrons. The SMILES string of the molecule is O[C@H]1C[C@H](OCc2ccccc2)[C@H](OCc2ccccc2)[C@H](C(F)(F)F)O1. The van der Waals surface area contributed by atoms with Gasteiger partial charge in [0.1, 0.15) is 6.10 Å². The van der Waals surface area contributed by atoms with Crippen molar-refractivity contribution in [1.29, 1.82) is 0 Å². The number of aliphatic hydroxyl groups excluding tert-OH is 1. The van der Waals surface area contributed by atoms with E-state index in [9.17, 15) is 18.3 Å². The fraction of sp³-hybridized carbons (Fsp3) is 0.400. The van der Waals surface area contributed by atoms with E-state index < -0.39 is 30.8 Å².